The maximum Gasteiger partial charge on any atom is 0.242 e. The highest BCUT2D eigenvalue weighted by molar-refractivity contribution is 6.31. The number of nitrogens with zero attached hydrogens (tertiary/aromatic N) is 1. The van der Waals surface area contributed by atoms with Crippen LogP contribution in [0.2, 0.25) is 5.02 Å². The molecule has 0 bridgehead atoms. The number of carbonyl (C=O) groups is 1. The van der Waals surface area contributed by atoms with Crippen molar-refractivity contribution in [1.82, 2.24) is 10.2 Å². The summed E-state index contributed by atoms with van der Waals surface area (Å²) < 4.78 is 0. The highest BCUT2D eigenvalue weighted by Gasteiger charge is 2.40. The molecular formula is C18H19Cl3N2O. The Morgan fingerprint density at radius 1 is 1.04 bits per heavy atom. The van der Waals surface area contributed by atoms with Gasteiger partial charge in [-0.05, 0) is 17.2 Å². The van der Waals surface area contributed by atoms with Crippen LogP contribution < -0.4 is 5.32 Å². The fourth-order valence-corrected chi connectivity index (χ4v) is 3.96. The second kappa shape index (κ2) is 7.75. The van der Waals surface area contributed by atoms with Gasteiger partial charge in [-0.2, -0.15) is 0 Å². The predicted molar refractivity (Wildman–Crippen MR) is 102 cm³/mol. The number of hydrogen-bond acceptors (Lipinski definition) is 2. The maximum atomic E-state index is 12.4. The van der Waals surface area contributed by atoms with Gasteiger partial charge in [-0.3, -0.25) is 9.69 Å². The highest BCUT2D eigenvalue weighted by Crippen LogP contribution is 2.43. The standard InChI is InChI=1S/C18H17ClN2O.2ClH/c19-15-8-4-7-13-14(12-5-2-1-3-6-12)11-21-10-9-20-18(22)17(21)16(13)15;;/h1-8,14,17H,9-11H2,(H,20,22);2*1H/t14-,17-;;/m0../s1. The minimum Gasteiger partial charge on any atom is -0.353 e. The van der Waals surface area contributed by atoms with Crippen molar-refractivity contribution in [3.05, 3.63) is 70.2 Å². The lowest BCUT2D eigenvalue weighted by Gasteiger charge is -2.43. The van der Waals surface area contributed by atoms with E-state index in [1.165, 1.54) is 11.1 Å². The number of fused-ring (bicyclic) bond motifs is 3. The number of halogens is 3. The molecule has 0 radical (unpaired) electrons. The molecule has 1 saturated heterocycles. The van der Waals surface area contributed by atoms with Gasteiger partial charge in [-0.25, -0.2) is 0 Å². The lowest BCUT2D eigenvalue weighted by Crippen LogP contribution is -2.53. The molecule has 2 heterocycles. The van der Waals surface area contributed by atoms with Crippen LogP contribution in [0.1, 0.15) is 28.7 Å². The summed E-state index contributed by atoms with van der Waals surface area (Å²) in [7, 11) is 0. The Morgan fingerprint density at radius 2 is 1.79 bits per heavy atom. The average molecular weight is 386 g/mol. The summed E-state index contributed by atoms with van der Waals surface area (Å²) in [6, 6.07) is 16.2. The van der Waals surface area contributed by atoms with Crippen LogP contribution in [-0.4, -0.2) is 30.4 Å². The van der Waals surface area contributed by atoms with Crippen molar-refractivity contribution < 1.29 is 4.79 Å². The zero-order chi connectivity index (χ0) is 15.1. The number of nitrogens with one attached hydrogen (secondary N) is 1. The Hall–Kier alpha value is -1.26. The molecule has 2 atom stereocenters. The zero-order valence-electron chi connectivity index (χ0n) is 12.9. The molecule has 128 valence electrons. The Labute approximate surface area is 159 Å². The maximum absolute atomic E-state index is 12.4. The second-order valence-corrected chi connectivity index (χ2v) is 6.30. The van der Waals surface area contributed by atoms with Crippen LogP contribution in [0.25, 0.3) is 0 Å². The van der Waals surface area contributed by atoms with Crippen molar-refractivity contribution in [3.8, 4) is 0 Å². The molecule has 2 aromatic rings. The molecule has 0 aliphatic carbocycles. The third-order valence-electron chi connectivity index (χ3n) is 4.67. The molecule has 1 fully saturated rings. The van der Waals surface area contributed by atoms with E-state index in [0.29, 0.717) is 11.6 Å². The van der Waals surface area contributed by atoms with E-state index in [2.05, 4.69) is 40.5 Å². The molecule has 0 aromatic heterocycles. The molecule has 0 unspecified atom stereocenters. The Morgan fingerprint density at radius 3 is 2.54 bits per heavy atom. The van der Waals surface area contributed by atoms with Crippen molar-refractivity contribution in [2.75, 3.05) is 19.6 Å². The molecule has 2 aliphatic heterocycles. The molecule has 2 aliphatic rings. The van der Waals surface area contributed by atoms with Crippen LogP contribution in [0.15, 0.2) is 48.5 Å². The molecule has 2 aromatic carbocycles. The van der Waals surface area contributed by atoms with Gasteiger partial charge in [0.05, 0.1) is 0 Å². The van der Waals surface area contributed by atoms with Crippen molar-refractivity contribution >= 4 is 42.3 Å². The summed E-state index contributed by atoms with van der Waals surface area (Å²) in [6.07, 6.45) is 0. The van der Waals surface area contributed by atoms with Gasteiger partial charge >= 0.3 is 0 Å². The number of benzene rings is 2. The molecule has 6 heteroatoms. The van der Waals surface area contributed by atoms with E-state index in [0.717, 1.165) is 18.7 Å². The summed E-state index contributed by atoms with van der Waals surface area (Å²) in [5, 5.41) is 3.65. The normalized spacial score (nSPS) is 22.3. The fraction of sp³-hybridized carbons (Fsp3) is 0.278. The molecule has 3 nitrogen and oxygen atoms in total. The first-order valence-electron chi connectivity index (χ1n) is 7.60. The summed E-state index contributed by atoms with van der Waals surface area (Å²) in [6.45, 7) is 2.43. The number of rotatable bonds is 1. The lowest BCUT2D eigenvalue weighted by molar-refractivity contribution is -0.129. The molecular weight excluding hydrogens is 367 g/mol. The van der Waals surface area contributed by atoms with E-state index in [-0.39, 0.29) is 42.7 Å². The minimum absolute atomic E-state index is 0. The van der Waals surface area contributed by atoms with Gasteiger partial charge in [0.25, 0.3) is 0 Å². The number of hydrogen-bond donors (Lipinski definition) is 1. The smallest absolute Gasteiger partial charge is 0.242 e. The Balaban J connectivity index is 0.00000104. The second-order valence-electron chi connectivity index (χ2n) is 5.89. The van der Waals surface area contributed by atoms with Crippen molar-refractivity contribution in [2.45, 2.75) is 12.0 Å². The van der Waals surface area contributed by atoms with E-state index in [1.807, 2.05) is 18.2 Å². The van der Waals surface area contributed by atoms with E-state index in [1.54, 1.807) is 0 Å². The minimum atomic E-state index is -0.252. The first-order chi connectivity index (χ1) is 10.8. The summed E-state index contributed by atoms with van der Waals surface area (Å²) in [5.74, 6) is 0.323. The lowest BCUT2D eigenvalue weighted by atomic mass is 9.80. The highest BCUT2D eigenvalue weighted by atomic mass is 35.5. The van der Waals surface area contributed by atoms with Crippen LogP contribution in [0, 0.1) is 0 Å². The van der Waals surface area contributed by atoms with Gasteiger partial charge in [0.1, 0.15) is 6.04 Å². The van der Waals surface area contributed by atoms with Gasteiger partial charge in [0, 0.05) is 36.1 Å². The van der Waals surface area contributed by atoms with Crippen LogP contribution >= 0.6 is 36.4 Å². The van der Waals surface area contributed by atoms with Gasteiger partial charge < -0.3 is 5.32 Å². The van der Waals surface area contributed by atoms with E-state index in [4.69, 9.17) is 11.6 Å². The molecule has 24 heavy (non-hydrogen) atoms. The van der Waals surface area contributed by atoms with Gasteiger partial charge in [0.15, 0.2) is 0 Å². The number of carbonyl (C=O) groups excluding carboxylic acids is 1. The van der Waals surface area contributed by atoms with Gasteiger partial charge in [-0.1, -0.05) is 54.1 Å². The van der Waals surface area contributed by atoms with Crippen molar-refractivity contribution in [2.24, 2.45) is 0 Å². The fourth-order valence-electron chi connectivity index (χ4n) is 3.67. The van der Waals surface area contributed by atoms with Crippen LogP contribution in [0.4, 0.5) is 0 Å². The average Bonchev–Trinajstić information content (AvgIpc) is 2.55. The summed E-state index contributed by atoms with van der Waals surface area (Å²) >= 11 is 6.47. The third-order valence-corrected chi connectivity index (χ3v) is 5.00. The summed E-state index contributed by atoms with van der Waals surface area (Å²) in [4.78, 5) is 14.6. The van der Waals surface area contributed by atoms with Gasteiger partial charge in [-0.15, -0.1) is 24.8 Å². The Bertz CT molecular complexity index is 723. The molecule has 0 saturated carbocycles. The van der Waals surface area contributed by atoms with E-state index < -0.39 is 0 Å². The van der Waals surface area contributed by atoms with Crippen molar-refractivity contribution in [1.29, 1.82) is 0 Å². The van der Waals surface area contributed by atoms with Crippen LogP contribution in [0.5, 0.6) is 0 Å². The Kier molecular flexibility index (Phi) is 6.16. The third kappa shape index (κ3) is 3.14. The van der Waals surface area contributed by atoms with E-state index in [9.17, 15) is 4.79 Å². The molecule has 1 amide bonds. The van der Waals surface area contributed by atoms with Crippen molar-refractivity contribution in [3.63, 3.8) is 0 Å². The first kappa shape index (κ1) is 19.1. The quantitative estimate of drug-likeness (QED) is 0.810. The first-order valence-corrected chi connectivity index (χ1v) is 7.98. The summed E-state index contributed by atoms with van der Waals surface area (Å²) in [5.41, 5.74) is 3.42. The molecule has 1 N–H and O–H groups in total. The topological polar surface area (TPSA) is 32.3 Å². The predicted octanol–water partition coefficient (Wildman–Crippen LogP) is 3.80. The van der Waals surface area contributed by atoms with Crippen LogP contribution in [-0.2, 0) is 4.79 Å². The largest absolute Gasteiger partial charge is 0.353 e. The molecule has 0 spiro atoms. The van der Waals surface area contributed by atoms with Gasteiger partial charge in [0.2, 0.25) is 5.91 Å². The SMILES string of the molecule is Cl.Cl.O=C1NCCN2C[C@@H](c3ccccc3)c3cccc(Cl)c3[C@@H]12. The zero-order valence-corrected chi connectivity index (χ0v) is 15.3. The van der Waals surface area contributed by atoms with E-state index >= 15 is 0 Å². The number of piperazine rings is 1. The van der Waals surface area contributed by atoms with Crippen LogP contribution in [0.3, 0.4) is 0 Å². The number of amides is 1. The monoisotopic (exact) mass is 384 g/mol. The molecule has 4 rings (SSSR count).